The summed E-state index contributed by atoms with van der Waals surface area (Å²) in [6.45, 7) is 3.45. The second-order valence-corrected chi connectivity index (χ2v) is 6.51. The number of nitrogens with zero attached hydrogens (tertiary/aromatic N) is 1. The van der Waals surface area contributed by atoms with E-state index in [4.69, 9.17) is 14.6 Å². The van der Waals surface area contributed by atoms with Gasteiger partial charge in [-0.1, -0.05) is 43.2 Å². The van der Waals surface area contributed by atoms with E-state index >= 15 is 0 Å². The van der Waals surface area contributed by atoms with Crippen molar-refractivity contribution >= 4 is 0 Å². The molecule has 1 heterocycles. The predicted molar refractivity (Wildman–Crippen MR) is 98.7 cm³/mol. The second-order valence-electron chi connectivity index (χ2n) is 6.51. The standard InChI is InChI=1S/C21H27NO3/c23-13-7-2-1-6-12-22-15-19-14-20(10-11-21(19)25-17-22)24-16-18-8-4-3-5-9-18/h3-5,8-11,14,23H,1-2,6-7,12-13,15-17H2. The number of ether oxygens (including phenoxy) is 2. The number of fused-ring (bicyclic) bond motifs is 1. The average Bonchev–Trinajstić information content (AvgIpc) is 2.66. The Kier molecular flexibility index (Phi) is 6.71. The van der Waals surface area contributed by atoms with Crippen molar-refractivity contribution in [3.63, 3.8) is 0 Å². The van der Waals surface area contributed by atoms with E-state index in [0.717, 1.165) is 50.3 Å². The molecule has 4 heteroatoms. The van der Waals surface area contributed by atoms with E-state index in [-0.39, 0.29) is 0 Å². The fourth-order valence-electron chi connectivity index (χ4n) is 3.04. The molecule has 0 saturated heterocycles. The van der Waals surface area contributed by atoms with E-state index in [0.29, 0.717) is 19.9 Å². The van der Waals surface area contributed by atoms with Crippen LogP contribution in [0.3, 0.4) is 0 Å². The summed E-state index contributed by atoms with van der Waals surface area (Å²) in [6.07, 6.45) is 4.30. The first-order chi connectivity index (χ1) is 12.3. The molecule has 134 valence electrons. The third-order valence-corrected chi connectivity index (χ3v) is 4.46. The molecule has 1 aliphatic heterocycles. The molecule has 4 nitrogen and oxygen atoms in total. The lowest BCUT2D eigenvalue weighted by molar-refractivity contribution is 0.0930. The van der Waals surface area contributed by atoms with Crippen molar-refractivity contribution in [1.82, 2.24) is 4.90 Å². The van der Waals surface area contributed by atoms with E-state index in [9.17, 15) is 0 Å². The van der Waals surface area contributed by atoms with Gasteiger partial charge in [0, 0.05) is 25.3 Å². The summed E-state index contributed by atoms with van der Waals surface area (Å²) in [6, 6.07) is 16.3. The minimum Gasteiger partial charge on any atom is -0.489 e. The predicted octanol–water partition coefficient (Wildman–Crippen LogP) is 3.97. The summed E-state index contributed by atoms with van der Waals surface area (Å²) < 4.78 is 11.8. The van der Waals surface area contributed by atoms with Crippen LogP contribution in [0.1, 0.15) is 36.8 Å². The lowest BCUT2D eigenvalue weighted by Crippen LogP contribution is -2.32. The quantitative estimate of drug-likeness (QED) is 0.701. The largest absolute Gasteiger partial charge is 0.489 e. The van der Waals surface area contributed by atoms with Crippen molar-refractivity contribution in [1.29, 1.82) is 0 Å². The lowest BCUT2D eigenvalue weighted by atomic mass is 10.1. The number of aliphatic hydroxyl groups excluding tert-OH is 1. The summed E-state index contributed by atoms with van der Waals surface area (Å²) in [4.78, 5) is 2.32. The van der Waals surface area contributed by atoms with Gasteiger partial charge in [-0.05, 0) is 36.6 Å². The van der Waals surface area contributed by atoms with E-state index < -0.39 is 0 Å². The van der Waals surface area contributed by atoms with Gasteiger partial charge in [0.1, 0.15) is 24.8 Å². The molecule has 2 aromatic carbocycles. The number of hydrogen-bond donors (Lipinski definition) is 1. The Labute approximate surface area is 150 Å². The monoisotopic (exact) mass is 341 g/mol. The van der Waals surface area contributed by atoms with Gasteiger partial charge in [0.15, 0.2) is 0 Å². The fraction of sp³-hybridized carbons (Fsp3) is 0.429. The maximum absolute atomic E-state index is 8.82. The highest BCUT2D eigenvalue weighted by Gasteiger charge is 2.17. The molecule has 0 fully saturated rings. The lowest BCUT2D eigenvalue weighted by Gasteiger charge is -2.29. The van der Waals surface area contributed by atoms with Crippen LogP contribution in [0, 0.1) is 0 Å². The third kappa shape index (κ3) is 5.48. The molecule has 0 bridgehead atoms. The van der Waals surface area contributed by atoms with Crippen LogP contribution < -0.4 is 9.47 Å². The molecule has 0 aliphatic carbocycles. The van der Waals surface area contributed by atoms with Crippen LogP contribution in [0.15, 0.2) is 48.5 Å². The Morgan fingerprint density at radius 2 is 1.84 bits per heavy atom. The molecule has 0 saturated carbocycles. The van der Waals surface area contributed by atoms with Crippen LogP contribution in [0.5, 0.6) is 11.5 Å². The Morgan fingerprint density at radius 1 is 1.00 bits per heavy atom. The first-order valence-corrected chi connectivity index (χ1v) is 9.11. The zero-order valence-electron chi connectivity index (χ0n) is 14.7. The van der Waals surface area contributed by atoms with Gasteiger partial charge in [0.25, 0.3) is 0 Å². The van der Waals surface area contributed by atoms with Gasteiger partial charge < -0.3 is 14.6 Å². The Morgan fingerprint density at radius 3 is 2.68 bits per heavy atom. The number of hydrogen-bond acceptors (Lipinski definition) is 4. The molecule has 0 amide bonds. The zero-order valence-corrected chi connectivity index (χ0v) is 14.7. The van der Waals surface area contributed by atoms with Crippen molar-refractivity contribution in [3.8, 4) is 11.5 Å². The highest BCUT2D eigenvalue weighted by molar-refractivity contribution is 5.41. The molecule has 25 heavy (non-hydrogen) atoms. The van der Waals surface area contributed by atoms with Crippen LogP contribution in [0.2, 0.25) is 0 Å². The van der Waals surface area contributed by atoms with Crippen LogP contribution in [0.4, 0.5) is 0 Å². The van der Waals surface area contributed by atoms with Crippen LogP contribution in [-0.4, -0.2) is 29.9 Å². The molecule has 1 aliphatic rings. The van der Waals surface area contributed by atoms with Gasteiger partial charge in [-0.3, -0.25) is 4.90 Å². The minimum absolute atomic E-state index is 0.298. The minimum atomic E-state index is 0.298. The first-order valence-electron chi connectivity index (χ1n) is 9.11. The molecular formula is C21H27NO3. The normalized spacial score (nSPS) is 14.0. The maximum Gasteiger partial charge on any atom is 0.142 e. The second kappa shape index (κ2) is 9.44. The molecule has 1 N–H and O–H groups in total. The van der Waals surface area contributed by atoms with E-state index in [2.05, 4.69) is 23.1 Å². The van der Waals surface area contributed by atoms with E-state index in [1.807, 2.05) is 30.3 Å². The summed E-state index contributed by atoms with van der Waals surface area (Å²) in [5, 5.41) is 8.82. The van der Waals surface area contributed by atoms with Crippen molar-refractivity contribution in [2.45, 2.75) is 38.8 Å². The Hall–Kier alpha value is -2.04. The molecule has 0 atom stereocenters. The molecule has 0 spiro atoms. The zero-order chi connectivity index (χ0) is 17.3. The summed E-state index contributed by atoms with van der Waals surface area (Å²) in [5.41, 5.74) is 2.35. The van der Waals surface area contributed by atoms with E-state index in [1.54, 1.807) is 0 Å². The van der Waals surface area contributed by atoms with Gasteiger partial charge in [-0.2, -0.15) is 0 Å². The van der Waals surface area contributed by atoms with E-state index in [1.165, 1.54) is 11.1 Å². The first kappa shape index (κ1) is 17.8. The van der Waals surface area contributed by atoms with Crippen molar-refractivity contribution in [2.24, 2.45) is 0 Å². The highest BCUT2D eigenvalue weighted by atomic mass is 16.5. The van der Waals surface area contributed by atoms with Gasteiger partial charge in [0.2, 0.25) is 0 Å². The van der Waals surface area contributed by atoms with Crippen molar-refractivity contribution < 1.29 is 14.6 Å². The van der Waals surface area contributed by atoms with Gasteiger partial charge in [-0.25, -0.2) is 0 Å². The molecule has 2 aromatic rings. The maximum atomic E-state index is 8.82. The number of benzene rings is 2. The summed E-state index contributed by atoms with van der Waals surface area (Å²) >= 11 is 0. The smallest absolute Gasteiger partial charge is 0.142 e. The Bertz CT molecular complexity index is 645. The van der Waals surface area contributed by atoms with Crippen LogP contribution >= 0.6 is 0 Å². The van der Waals surface area contributed by atoms with Gasteiger partial charge >= 0.3 is 0 Å². The fourth-order valence-corrected chi connectivity index (χ4v) is 3.04. The summed E-state index contributed by atoms with van der Waals surface area (Å²) in [5.74, 6) is 1.85. The molecular weight excluding hydrogens is 314 g/mol. The van der Waals surface area contributed by atoms with Crippen molar-refractivity contribution in [2.75, 3.05) is 19.9 Å². The molecule has 3 rings (SSSR count). The number of aliphatic hydroxyl groups is 1. The van der Waals surface area contributed by atoms with Gasteiger partial charge in [0.05, 0.1) is 0 Å². The van der Waals surface area contributed by atoms with Crippen LogP contribution in [0.25, 0.3) is 0 Å². The molecule has 0 unspecified atom stereocenters. The third-order valence-electron chi connectivity index (χ3n) is 4.46. The average molecular weight is 341 g/mol. The number of unbranched alkanes of at least 4 members (excludes halogenated alkanes) is 3. The summed E-state index contributed by atoms with van der Waals surface area (Å²) in [7, 11) is 0. The number of rotatable bonds is 9. The topological polar surface area (TPSA) is 41.9 Å². The van der Waals surface area contributed by atoms with Crippen LogP contribution in [-0.2, 0) is 13.2 Å². The highest BCUT2D eigenvalue weighted by Crippen LogP contribution is 2.29. The molecule has 0 radical (unpaired) electrons. The molecule has 0 aromatic heterocycles. The van der Waals surface area contributed by atoms with Crippen molar-refractivity contribution in [3.05, 3.63) is 59.7 Å². The Balaban J connectivity index is 1.50. The van der Waals surface area contributed by atoms with Gasteiger partial charge in [-0.15, -0.1) is 0 Å². The SMILES string of the molecule is OCCCCCCN1COc2ccc(OCc3ccccc3)cc2C1.